The van der Waals surface area contributed by atoms with Crippen molar-refractivity contribution in [2.45, 2.75) is 26.4 Å². The average molecular weight is 354 g/mol. The number of carbonyl (C=O) groups excluding carboxylic acids is 1. The summed E-state index contributed by atoms with van der Waals surface area (Å²) in [5, 5.41) is 20.0. The molecule has 1 aromatic heterocycles. The van der Waals surface area contributed by atoms with E-state index in [0.717, 1.165) is 0 Å². The normalized spacial score (nSPS) is 11.3. The molecule has 0 fully saturated rings. The van der Waals surface area contributed by atoms with Crippen molar-refractivity contribution < 1.29 is 14.5 Å². The Hall–Kier alpha value is -3.47. The lowest BCUT2D eigenvalue weighted by Gasteiger charge is -2.25. The van der Waals surface area contributed by atoms with Crippen LogP contribution in [0, 0.1) is 28.4 Å². The molecule has 0 N–H and O–H groups in total. The van der Waals surface area contributed by atoms with Crippen LogP contribution in [-0.4, -0.2) is 28.5 Å². The Morgan fingerprint density at radius 1 is 1.35 bits per heavy atom. The molecule has 0 saturated carbocycles. The molecule has 134 valence electrons. The van der Waals surface area contributed by atoms with E-state index in [1.165, 1.54) is 17.9 Å². The van der Waals surface area contributed by atoms with E-state index in [1.807, 2.05) is 12.1 Å². The van der Waals surface area contributed by atoms with Crippen LogP contribution in [0.25, 0.3) is 0 Å². The van der Waals surface area contributed by atoms with E-state index in [2.05, 4.69) is 4.98 Å². The molecule has 0 saturated heterocycles. The quantitative estimate of drug-likeness (QED) is 0.558. The third-order valence-corrected chi connectivity index (χ3v) is 3.58. The van der Waals surface area contributed by atoms with E-state index >= 15 is 0 Å². The summed E-state index contributed by atoms with van der Waals surface area (Å²) < 4.78 is 5.53. The van der Waals surface area contributed by atoms with Crippen molar-refractivity contribution in [2.75, 3.05) is 11.4 Å². The number of aryl methyl sites for hydroxylation is 1. The maximum Gasteiger partial charge on any atom is 0.406 e. The monoisotopic (exact) mass is 354 g/mol. The molecule has 0 aliphatic carbocycles. The van der Waals surface area contributed by atoms with Gasteiger partial charge in [0.25, 0.3) is 5.91 Å². The van der Waals surface area contributed by atoms with Crippen molar-refractivity contribution in [3.8, 4) is 11.8 Å². The molecular weight excluding hydrogens is 336 g/mol. The number of rotatable bonds is 7. The average Bonchev–Trinajstić information content (AvgIpc) is 2.64. The van der Waals surface area contributed by atoms with Gasteiger partial charge in [0, 0.05) is 19.2 Å². The third-order valence-electron chi connectivity index (χ3n) is 3.58. The van der Waals surface area contributed by atoms with Crippen LogP contribution < -0.4 is 9.64 Å². The number of hydrogen-bond acceptors (Lipinski definition) is 6. The zero-order valence-corrected chi connectivity index (χ0v) is 14.5. The van der Waals surface area contributed by atoms with Crippen molar-refractivity contribution in [1.29, 1.82) is 5.26 Å². The van der Waals surface area contributed by atoms with Crippen LogP contribution in [0.4, 0.5) is 11.5 Å². The predicted molar refractivity (Wildman–Crippen MR) is 94.7 cm³/mol. The molecule has 0 unspecified atom stereocenters. The number of pyridine rings is 1. The van der Waals surface area contributed by atoms with E-state index in [-0.39, 0.29) is 18.7 Å². The van der Waals surface area contributed by atoms with E-state index in [0.29, 0.717) is 11.4 Å². The highest BCUT2D eigenvalue weighted by Crippen LogP contribution is 2.26. The number of anilines is 1. The van der Waals surface area contributed by atoms with E-state index in [4.69, 9.17) is 10.00 Å². The second-order valence-electron chi connectivity index (χ2n) is 5.53. The molecule has 8 heteroatoms. The molecule has 0 aliphatic heterocycles. The van der Waals surface area contributed by atoms with E-state index in [9.17, 15) is 14.9 Å². The van der Waals surface area contributed by atoms with Gasteiger partial charge >= 0.3 is 5.82 Å². The second-order valence-corrected chi connectivity index (χ2v) is 5.53. The van der Waals surface area contributed by atoms with Gasteiger partial charge in [0.15, 0.2) is 6.10 Å². The molecule has 1 heterocycles. The largest absolute Gasteiger partial charge is 0.473 e. The highest BCUT2D eigenvalue weighted by Gasteiger charge is 2.27. The van der Waals surface area contributed by atoms with Crippen LogP contribution in [0.2, 0.25) is 0 Å². The fourth-order valence-corrected chi connectivity index (χ4v) is 2.35. The molecule has 26 heavy (non-hydrogen) atoms. The molecule has 0 spiro atoms. The topological polar surface area (TPSA) is 109 Å². The summed E-state index contributed by atoms with van der Waals surface area (Å²) >= 11 is 0. The Balaban J connectivity index is 2.24. The van der Waals surface area contributed by atoms with Crippen molar-refractivity contribution in [3.05, 3.63) is 58.3 Å². The van der Waals surface area contributed by atoms with Gasteiger partial charge < -0.3 is 19.8 Å². The standard InChI is InChI=1S/C18H18N4O4/c1-13-9-10-16(17(20-13)22(24)25)26-14(2)18(23)21(12-6-11-19)15-7-4-3-5-8-15/h3-5,7-10,14H,6,12H2,1-2H3/t14-/m1/s1. The summed E-state index contributed by atoms with van der Waals surface area (Å²) in [7, 11) is 0. The van der Waals surface area contributed by atoms with Gasteiger partial charge in [-0.05, 0) is 41.1 Å². The highest BCUT2D eigenvalue weighted by atomic mass is 16.6. The van der Waals surface area contributed by atoms with Gasteiger partial charge in [0.2, 0.25) is 5.75 Å². The van der Waals surface area contributed by atoms with Crippen LogP contribution in [0.3, 0.4) is 0 Å². The first-order chi connectivity index (χ1) is 12.4. The summed E-state index contributed by atoms with van der Waals surface area (Å²) in [4.78, 5) is 28.6. The summed E-state index contributed by atoms with van der Waals surface area (Å²) in [6.45, 7) is 3.33. The SMILES string of the molecule is Cc1ccc(O[C@H](C)C(=O)N(CCC#N)c2ccccc2)c([N+](=O)[O-])n1. The fraction of sp³-hybridized carbons (Fsp3) is 0.278. The number of hydrogen-bond donors (Lipinski definition) is 0. The van der Waals surface area contributed by atoms with Crippen molar-refractivity contribution in [3.63, 3.8) is 0 Å². The Morgan fingerprint density at radius 3 is 2.65 bits per heavy atom. The molecule has 0 bridgehead atoms. The molecule has 1 amide bonds. The van der Waals surface area contributed by atoms with Crippen LogP contribution in [-0.2, 0) is 4.79 Å². The van der Waals surface area contributed by atoms with Crippen molar-refractivity contribution in [2.24, 2.45) is 0 Å². The Labute approximate surface area is 150 Å². The minimum atomic E-state index is -0.989. The molecule has 1 atom stereocenters. The molecule has 0 radical (unpaired) electrons. The number of aromatic nitrogens is 1. The number of nitrogens with zero attached hydrogens (tertiary/aromatic N) is 4. The highest BCUT2D eigenvalue weighted by molar-refractivity contribution is 5.96. The van der Waals surface area contributed by atoms with Crippen LogP contribution >= 0.6 is 0 Å². The van der Waals surface area contributed by atoms with Gasteiger partial charge in [0.05, 0.1) is 12.5 Å². The molecule has 2 rings (SSSR count). The lowest BCUT2D eigenvalue weighted by Crippen LogP contribution is -2.41. The minimum absolute atomic E-state index is 0.0743. The number of carbonyl (C=O) groups is 1. The van der Waals surface area contributed by atoms with Gasteiger partial charge in [0.1, 0.15) is 5.69 Å². The van der Waals surface area contributed by atoms with Gasteiger partial charge in [-0.3, -0.25) is 4.79 Å². The zero-order valence-electron chi connectivity index (χ0n) is 14.5. The van der Waals surface area contributed by atoms with Gasteiger partial charge in [-0.25, -0.2) is 0 Å². The summed E-state index contributed by atoms with van der Waals surface area (Å²) in [6.07, 6.45) is -0.836. The molecule has 0 aliphatic rings. The number of amides is 1. The van der Waals surface area contributed by atoms with Gasteiger partial charge in [-0.15, -0.1) is 0 Å². The first-order valence-corrected chi connectivity index (χ1v) is 7.96. The maximum absolute atomic E-state index is 12.8. The summed E-state index contributed by atoms with van der Waals surface area (Å²) in [5.41, 5.74) is 1.10. The predicted octanol–water partition coefficient (Wildman–Crippen LogP) is 3.01. The summed E-state index contributed by atoms with van der Waals surface area (Å²) in [5.74, 6) is -0.913. The Kier molecular flexibility index (Phi) is 6.22. The number of benzene rings is 1. The molecule has 8 nitrogen and oxygen atoms in total. The minimum Gasteiger partial charge on any atom is -0.473 e. The summed E-state index contributed by atoms with van der Waals surface area (Å²) in [6, 6.07) is 13.9. The van der Waals surface area contributed by atoms with Gasteiger partial charge in [-0.2, -0.15) is 5.26 Å². The third kappa shape index (κ3) is 4.54. The smallest absolute Gasteiger partial charge is 0.406 e. The van der Waals surface area contributed by atoms with Crippen molar-refractivity contribution in [1.82, 2.24) is 4.98 Å². The zero-order chi connectivity index (χ0) is 19.1. The molecule has 2 aromatic rings. The van der Waals surface area contributed by atoms with Crippen molar-refractivity contribution >= 4 is 17.4 Å². The lowest BCUT2D eigenvalue weighted by atomic mass is 10.2. The number of nitro groups is 1. The Bertz CT molecular complexity index is 833. The second kappa shape index (κ2) is 8.58. The first kappa shape index (κ1) is 18.9. The molecule has 1 aromatic carbocycles. The van der Waals surface area contributed by atoms with Crippen LogP contribution in [0.5, 0.6) is 5.75 Å². The number of para-hydroxylation sites is 1. The first-order valence-electron chi connectivity index (χ1n) is 7.96. The Morgan fingerprint density at radius 2 is 2.04 bits per heavy atom. The fourth-order valence-electron chi connectivity index (χ4n) is 2.35. The van der Waals surface area contributed by atoms with E-state index in [1.54, 1.807) is 37.3 Å². The van der Waals surface area contributed by atoms with Crippen LogP contribution in [0.1, 0.15) is 19.0 Å². The van der Waals surface area contributed by atoms with Crippen LogP contribution in [0.15, 0.2) is 42.5 Å². The number of nitriles is 1. The lowest BCUT2D eigenvalue weighted by molar-refractivity contribution is -0.390. The number of ether oxygens (including phenoxy) is 1. The van der Waals surface area contributed by atoms with Gasteiger partial charge in [-0.1, -0.05) is 18.2 Å². The maximum atomic E-state index is 12.8. The van der Waals surface area contributed by atoms with E-state index < -0.39 is 22.8 Å². The molecular formula is C18H18N4O4.